The van der Waals surface area contributed by atoms with E-state index in [9.17, 15) is 4.79 Å². The second kappa shape index (κ2) is 8.81. The highest BCUT2D eigenvalue weighted by molar-refractivity contribution is 6.30. The number of hydrogen-bond acceptors (Lipinski definition) is 3. The van der Waals surface area contributed by atoms with Gasteiger partial charge in [-0.2, -0.15) is 0 Å². The van der Waals surface area contributed by atoms with Gasteiger partial charge in [0.1, 0.15) is 5.75 Å². The van der Waals surface area contributed by atoms with Gasteiger partial charge in [-0.3, -0.25) is 0 Å². The van der Waals surface area contributed by atoms with E-state index in [0.29, 0.717) is 23.8 Å². The van der Waals surface area contributed by atoms with Gasteiger partial charge in [-0.25, -0.2) is 4.79 Å². The van der Waals surface area contributed by atoms with E-state index in [0.717, 1.165) is 19.3 Å². The van der Waals surface area contributed by atoms with Crippen molar-refractivity contribution in [3.8, 4) is 5.75 Å². The summed E-state index contributed by atoms with van der Waals surface area (Å²) in [4.78, 5) is 11.8. The lowest BCUT2D eigenvalue weighted by molar-refractivity contribution is -0.151. The first kappa shape index (κ1) is 15.8. The fraction of sp³-hybridized carbons (Fsp3) is 0.533. The number of carbonyl (C=O) groups is 1. The zero-order valence-electron chi connectivity index (χ0n) is 11.5. The quantitative estimate of drug-likeness (QED) is 0.529. The van der Waals surface area contributed by atoms with Crippen LogP contribution in [0.5, 0.6) is 5.75 Å². The molecule has 0 fully saturated rings. The maximum Gasteiger partial charge on any atom is 0.347 e. The van der Waals surface area contributed by atoms with Gasteiger partial charge in [0.25, 0.3) is 0 Å². The zero-order valence-corrected chi connectivity index (χ0v) is 12.3. The Morgan fingerprint density at radius 3 is 2.47 bits per heavy atom. The van der Waals surface area contributed by atoms with Crippen LogP contribution in [0.25, 0.3) is 0 Å². The Hall–Kier alpha value is -1.22. The van der Waals surface area contributed by atoms with E-state index >= 15 is 0 Å². The molecule has 0 aliphatic heterocycles. The van der Waals surface area contributed by atoms with Crippen LogP contribution in [-0.2, 0) is 9.53 Å². The van der Waals surface area contributed by atoms with Crippen molar-refractivity contribution in [3.05, 3.63) is 29.3 Å². The maximum atomic E-state index is 11.8. The summed E-state index contributed by atoms with van der Waals surface area (Å²) in [6, 6.07) is 7.00. The van der Waals surface area contributed by atoms with Crippen LogP contribution in [0.2, 0.25) is 5.02 Å². The largest absolute Gasteiger partial charge is 0.479 e. The van der Waals surface area contributed by atoms with E-state index in [1.54, 1.807) is 31.2 Å². The summed E-state index contributed by atoms with van der Waals surface area (Å²) in [7, 11) is 0. The summed E-state index contributed by atoms with van der Waals surface area (Å²) >= 11 is 5.82. The average molecular weight is 285 g/mol. The second-order valence-electron chi connectivity index (χ2n) is 4.31. The van der Waals surface area contributed by atoms with Gasteiger partial charge in [-0.15, -0.1) is 0 Å². The van der Waals surface area contributed by atoms with Crippen molar-refractivity contribution in [2.24, 2.45) is 0 Å². The Balaban J connectivity index is 2.61. The fourth-order valence-electron chi connectivity index (χ4n) is 1.72. The Morgan fingerprint density at radius 2 is 1.89 bits per heavy atom. The van der Waals surface area contributed by atoms with E-state index in [4.69, 9.17) is 21.1 Å². The average Bonchev–Trinajstić information content (AvgIpc) is 2.40. The van der Waals surface area contributed by atoms with Gasteiger partial charge in [0.05, 0.1) is 6.61 Å². The topological polar surface area (TPSA) is 35.5 Å². The SMILES string of the molecule is CCCCCC(Oc1ccc(Cl)cc1)C(=O)OCC. The third kappa shape index (κ3) is 5.97. The number of benzene rings is 1. The number of carbonyl (C=O) groups excluding carboxylic acids is 1. The third-order valence-electron chi connectivity index (χ3n) is 2.71. The molecule has 0 aliphatic rings. The monoisotopic (exact) mass is 284 g/mol. The van der Waals surface area contributed by atoms with Gasteiger partial charge in [0.2, 0.25) is 0 Å². The van der Waals surface area contributed by atoms with Gasteiger partial charge < -0.3 is 9.47 Å². The minimum absolute atomic E-state index is 0.298. The third-order valence-corrected chi connectivity index (χ3v) is 2.96. The Bertz CT molecular complexity index is 375. The van der Waals surface area contributed by atoms with E-state index in [-0.39, 0.29) is 5.97 Å². The molecule has 0 aliphatic carbocycles. The van der Waals surface area contributed by atoms with Crippen LogP contribution >= 0.6 is 11.6 Å². The lowest BCUT2D eigenvalue weighted by Crippen LogP contribution is -2.29. The highest BCUT2D eigenvalue weighted by atomic mass is 35.5. The molecule has 1 atom stereocenters. The number of esters is 1. The molecule has 0 amide bonds. The van der Waals surface area contributed by atoms with Crippen molar-refractivity contribution in [1.29, 1.82) is 0 Å². The number of rotatable bonds is 8. The summed E-state index contributed by atoms with van der Waals surface area (Å²) in [5.41, 5.74) is 0. The molecule has 0 saturated carbocycles. The summed E-state index contributed by atoms with van der Waals surface area (Å²) in [5.74, 6) is 0.340. The summed E-state index contributed by atoms with van der Waals surface area (Å²) in [6.07, 6.45) is 3.28. The molecule has 0 N–H and O–H groups in total. The number of halogens is 1. The molecule has 0 aromatic heterocycles. The molecular formula is C15H21ClO3. The van der Waals surface area contributed by atoms with Crippen LogP contribution in [0.3, 0.4) is 0 Å². The number of unbranched alkanes of at least 4 members (excludes halogenated alkanes) is 2. The molecule has 1 unspecified atom stereocenters. The molecule has 0 saturated heterocycles. The second-order valence-corrected chi connectivity index (χ2v) is 4.74. The molecule has 1 rings (SSSR count). The van der Waals surface area contributed by atoms with E-state index in [1.807, 2.05) is 0 Å². The predicted octanol–water partition coefficient (Wildman–Crippen LogP) is 4.23. The lowest BCUT2D eigenvalue weighted by atomic mass is 10.1. The minimum atomic E-state index is -0.535. The molecule has 0 radical (unpaired) electrons. The first-order chi connectivity index (χ1) is 9.17. The molecule has 0 heterocycles. The van der Waals surface area contributed by atoms with Crippen LogP contribution in [0.15, 0.2) is 24.3 Å². The smallest absolute Gasteiger partial charge is 0.347 e. The molecule has 0 spiro atoms. The van der Waals surface area contributed by atoms with Gasteiger partial charge in [-0.1, -0.05) is 31.4 Å². The first-order valence-electron chi connectivity index (χ1n) is 6.76. The van der Waals surface area contributed by atoms with Gasteiger partial charge in [-0.05, 0) is 44.0 Å². The number of ether oxygens (including phenoxy) is 2. The lowest BCUT2D eigenvalue weighted by Gasteiger charge is -2.17. The van der Waals surface area contributed by atoms with Crippen molar-refractivity contribution in [2.75, 3.05) is 6.61 Å². The molecule has 0 bridgehead atoms. The molecule has 106 valence electrons. The Morgan fingerprint density at radius 1 is 1.21 bits per heavy atom. The Kier molecular flexibility index (Phi) is 7.34. The first-order valence-corrected chi connectivity index (χ1v) is 7.14. The van der Waals surface area contributed by atoms with Crippen molar-refractivity contribution in [2.45, 2.75) is 45.6 Å². The zero-order chi connectivity index (χ0) is 14.1. The van der Waals surface area contributed by atoms with Crippen molar-refractivity contribution >= 4 is 17.6 Å². The minimum Gasteiger partial charge on any atom is -0.479 e. The van der Waals surface area contributed by atoms with E-state index in [1.165, 1.54) is 0 Å². The highest BCUT2D eigenvalue weighted by Gasteiger charge is 2.21. The highest BCUT2D eigenvalue weighted by Crippen LogP contribution is 2.19. The molecule has 4 heteroatoms. The maximum absolute atomic E-state index is 11.8. The Labute approximate surface area is 119 Å². The van der Waals surface area contributed by atoms with E-state index < -0.39 is 6.10 Å². The van der Waals surface area contributed by atoms with Gasteiger partial charge in [0.15, 0.2) is 6.10 Å². The van der Waals surface area contributed by atoms with E-state index in [2.05, 4.69) is 6.92 Å². The van der Waals surface area contributed by atoms with Crippen molar-refractivity contribution in [1.82, 2.24) is 0 Å². The predicted molar refractivity (Wildman–Crippen MR) is 76.6 cm³/mol. The molecule has 19 heavy (non-hydrogen) atoms. The molecule has 1 aromatic carbocycles. The number of hydrogen-bond donors (Lipinski definition) is 0. The van der Waals surface area contributed by atoms with Gasteiger partial charge in [0, 0.05) is 5.02 Å². The normalized spacial score (nSPS) is 11.9. The molecular weight excluding hydrogens is 264 g/mol. The van der Waals surface area contributed by atoms with Crippen LogP contribution < -0.4 is 4.74 Å². The standard InChI is InChI=1S/C15H21ClO3/c1-3-5-6-7-14(15(17)18-4-2)19-13-10-8-12(16)9-11-13/h8-11,14H,3-7H2,1-2H3. The van der Waals surface area contributed by atoms with Gasteiger partial charge >= 0.3 is 5.97 Å². The van der Waals surface area contributed by atoms with Crippen LogP contribution in [0.1, 0.15) is 39.5 Å². The van der Waals surface area contributed by atoms with Crippen molar-refractivity contribution in [3.63, 3.8) is 0 Å². The molecule has 1 aromatic rings. The van der Waals surface area contributed by atoms with Crippen LogP contribution in [-0.4, -0.2) is 18.7 Å². The summed E-state index contributed by atoms with van der Waals surface area (Å²) < 4.78 is 10.7. The molecule has 3 nitrogen and oxygen atoms in total. The summed E-state index contributed by atoms with van der Waals surface area (Å²) in [5, 5.41) is 0.644. The fourth-order valence-corrected chi connectivity index (χ4v) is 1.84. The van der Waals surface area contributed by atoms with Crippen LogP contribution in [0, 0.1) is 0 Å². The van der Waals surface area contributed by atoms with Crippen LogP contribution in [0.4, 0.5) is 0 Å². The van der Waals surface area contributed by atoms with Crippen molar-refractivity contribution < 1.29 is 14.3 Å². The summed E-state index contributed by atoms with van der Waals surface area (Å²) in [6.45, 7) is 4.29.